The van der Waals surface area contributed by atoms with Crippen molar-refractivity contribution in [2.45, 2.75) is 48.9 Å². The molecule has 3 rings (SSSR count). The number of ether oxygens (including phenoxy) is 1. The van der Waals surface area contributed by atoms with E-state index in [0.717, 1.165) is 11.0 Å². The van der Waals surface area contributed by atoms with E-state index >= 15 is 0 Å². The Labute approximate surface area is 117 Å². The molecule has 0 bridgehead atoms. The monoisotopic (exact) mass is 284 g/mol. The maximum Gasteiger partial charge on any atom is 0.0960 e. The van der Waals surface area contributed by atoms with Crippen molar-refractivity contribution in [1.82, 2.24) is 0 Å². The highest BCUT2D eigenvalue weighted by molar-refractivity contribution is 8.17. The summed E-state index contributed by atoms with van der Waals surface area (Å²) in [7, 11) is 0. The Kier molecular flexibility index (Phi) is 3.97. The normalized spacial score (nSPS) is 33.9. The maximum absolute atomic E-state index is 6.31. The molecule has 2 aliphatic rings. The van der Waals surface area contributed by atoms with Crippen molar-refractivity contribution in [2.75, 3.05) is 11.5 Å². The standard InChI is InChI=1S/C14H20O2S2/c1-14(9-13-17-7-2-8-18-13)5-3-12(16-14)11-4-6-15-10-11/h4,6,10,12-13H,2-3,5,7-9H2,1H3. The van der Waals surface area contributed by atoms with Gasteiger partial charge < -0.3 is 9.15 Å². The lowest BCUT2D eigenvalue weighted by molar-refractivity contribution is -0.0323. The van der Waals surface area contributed by atoms with E-state index in [4.69, 9.17) is 9.15 Å². The van der Waals surface area contributed by atoms with Crippen molar-refractivity contribution < 1.29 is 9.15 Å². The zero-order valence-electron chi connectivity index (χ0n) is 10.8. The Bertz CT molecular complexity index is 373. The summed E-state index contributed by atoms with van der Waals surface area (Å²) < 4.78 is 12.2. The molecule has 1 aromatic heterocycles. The SMILES string of the molecule is CC1(CC2SCCCS2)CCC(c2ccoc2)O1. The molecule has 0 aromatic carbocycles. The molecule has 0 spiro atoms. The second-order valence-corrected chi connectivity index (χ2v) is 8.30. The van der Waals surface area contributed by atoms with Crippen molar-refractivity contribution in [3.63, 3.8) is 0 Å². The predicted octanol–water partition coefficient (Wildman–Crippen LogP) is 4.48. The summed E-state index contributed by atoms with van der Waals surface area (Å²) in [6.45, 7) is 2.28. The van der Waals surface area contributed by atoms with E-state index in [1.807, 2.05) is 12.3 Å². The molecule has 18 heavy (non-hydrogen) atoms. The number of rotatable bonds is 3. The highest BCUT2D eigenvalue weighted by Gasteiger charge is 2.39. The molecule has 100 valence electrons. The Hall–Kier alpha value is -0.0600. The fourth-order valence-corrected chi connectivity index (χ4v) is 5.98. The van der Waals surface area contributed by atoms with Crippen LogP contribution in [0.4, 0.5) is 0 Å². The molecular weight excluding hydrogens is 264 g/mol. The lowest BCUT2D eigenvalue weighted by Crippen LogP contribution is -2.28. The largest absolute Gasteiger partial charge is 0.472 e. The highest BCUT2D eigenvalue weighted by Crippen LogP contribution is 2.46. The fourth-order valence-electron chi connectivity index (χ4n) is 2.75. The van der Waals surface area contributed by atoms with Crippen molar-refractivity contribution >= 4 is 23.5 Å². The van der Waals surface area contributed by atoms with Crippen molar-refractivity contribution in [1.29, 1.82) is 0 Å². The Morgan fingerprint density at radius 2 is 2.22 bits per heavy atom. The lowest BCUT2D eigenvalue weighted by atomic mass is 9.98. The van der Waals surface area contributed by atoms with Crippen LogP contribution in [0.5, 0.6) is 0 Å². The third-order valence-electron chi connectivity index (χ3n) is 3.77. The second-order valence-electron chi connectivity index (χ2n) is 5.38. The van der Waals surface area contributed by atoms with Gasteiger partial charge in [-0.2, -0.15) is 0 Å². The van der Waals surface area contributed by atoms with E-state index in [9.17, 15) is 0 Å². The zero-order chi connectivity index (χ0) is 12.4. The van der Waals surface area contributed by atoms with Gasteiger partial charge in [0.05, 0.1) is 28.8 Å². The molecular formula is C14H20O2S2. The quantitative estimate of drug-likeness (QED) is 0.816. The molecule has 2 nitrogen and oxygen atoms in total. The third-order valence-corrected chi connectivity index (χ3v) is 6.71. The second kappa shape index (κ2) is 5.51. The maximum atomic E-state index is 6.31. The zero-order valence-corrected chi connectivity index (χ0v) is 12.4. The highest BCUT2D eigenvalue weighted by atomic mass is 32.2. The number of hydrogen-bond donors (Lipinski definition) is 0. The summed E-state index contributed by atoms with van der Waals surface area (Å²) >= 11 is 4.22. The van der Waals surface area contributed by atoms with Crippen LogP contribution in [0.2, 0.25) is 0 Å². The van der Waals surface area contributed by atoms with Gasteiger partial charge in [0.1, 0.15) is 0 Å². The van der Waals surface area contributed by atoms with Gasteiger partial charge in [-0.25, -0.2) is 0 Å². The van der Waals surface area contributed by atoms with E-state index in [1.165, 1.54) is 36.3 Å². The first-order valence-electron chi connectivity index (χ1n) is 6.68. The van der Waals surface area contributed by atoms with Gasteiger partial charge in [0.15, 0.2) is 0 Å². The Morgan fingerprint density at radius 3 is 2.94 bits per heavy atom. The molecule has 0 radical (unpaired) electrons. The minimum Gasteiger partial charge on any atom is -0.472 e. The molecule has 2 saturated heterocycles. The van der Waals surface area contributed by atoms with Gasteiger partial charge in [-0.1, -0.05) is 0 Å². The third kappa shape index (κ3) is 2.91. The summed E-state index contributed by atoms with van der Waals surface area (Å²) in [4.78, 5) is 0. The first-order valence-corrected chi connectivity index (χ1v) is 8.78. The molecule has 0 saturated carbocycles. The molecule has 3 heterocycles. The molecule has 0 amide bonds. The van der Waals surface area contributed by atoms with Crippen LogP contribution in [0, 0.1) is 0 Å². The van der Waals surface area contributed by atoms with Gasteiger partial charge in [0.2, 0.25) is 0 Å². The average Bonchev–Trinajstić information content (AvgIpc) is 3.00. The van der Waals surface area contributed by atoms with Crippen molar-refractivity contribution in [3.05, 3.63) is 24.2 Å². The van der Waals surface area contributed by atoms with Crippen LogP contribution in [-0.4, -0.2) is 21.7 Å². The van der Waals surface area contributed by atoms with Gasteiger partial charge in [-0.3, -0.25) is 0 Å². The molecule has 2 unspecified atom stereocenters. The van der Waals surface area contributed by atoms with E-state index in [1.54, 1.807) is 6.26 Å². The van der Waals surface area contributed by atoms with Crippen LogP contribution in [0.3, 0.4) is 0 Å². The van der Waals surface area contributed by atoms with Gasteiger partial charge in [0, 0.05) is 5.56 Å². The van der Waals surface area contributed by atoms with Gasteiger partial charge in [0.25, 0.3) is 0 Å². The number of hydrogen-bond acceptors (Lipinski definition) is 4. The molecule has 0 aliphatic carbocycles. The molecule has 1 aromatic rings. The van der Waals surface area contributed by atoms with Crippen LogP contribution in [0.25, 0.3) is 0 Å². The van der Waals surface area contributed by atoms with Gasteiger partial charge >= 0.3 is 0 Å². The summed E-state index contributed by atoms with van der Waals surface area (Å²) in [5.41, 5.74) is 1.26. The first-order chi connectivity index (χ1) is 8.75. The lowest BCUT2D eigenvalue weighted by Gasteiger charge is -2.31. The minimum atomic E-state index is 0.0595. The van der Waals surface area contributed by atoms with Crippen LogP contribution in [-0.2, 0) is 4.74 Å². The smallest absolute Gasteiger partial charge is 0.0960 e. The number of thioether (sulfide) groups is 2. The van der Waals surface area contributed by atoms with Crippen LogP contribution in [0.15, 0.2) is 23.0 Å². The molecule has 2 atom stereocenters. The molecule has 4 heteroatoms. The van der Waals surface area contributed by atoms with Crippen molar-refractivity contribution in [2.24, 2.45) is 0 Å². The van der Waals surface area contributed by atoms with E-state index in [0.29, 0.717) is 0 Å². The average molecular weight is 284 g/mol. The van der Waals surface area contributed by atoms with Gasteiger partial charge in [-0.05, 0) is 50.2 Å². The van der Waals surface area contributed by atoms with Crippen LogP contribution >= 0.6 is 23.5 Å². The van der Waals surface area contributed by atoms with Crippen molar-refractivity contribution in [3.8, 4) is 0 Å². The molecule has 2 fully saturated rings. The van der Waals surface area contributed by atoms with E-state index < -0.39 is 0 Å². The summed E-state index contributed by atoms with van der Waals surface area (Å²) in [6.07, 6.45) is 8.63. The summed E-state index contributed by atoms with van der Waals surface area (Å²) in [5, 5.41) is 0. The minimum absolute atomic E-state index is 0.0595. The van der Waals surface area contributed by atoms with Crippen LogP contribution < -0.4 is 0 Å². The van der Waals surface area contributed by atoms with E-state index in [-0.39, 0.29) is 11.7 Å². The topological polar surface area (TPSA) is 22.4 Å². The predicted molar refractivity (Wildman–Crippen MR) is 78.1 cm³/mol. The van der Waals surface area contributed by atoms with Crippen LogP contribution in [0.1, 0.15) is 44.3 Å². The van der Waals surface area contributed by atoms with E-state index in [2.05, 4.69) is 30.4 Å². The fraction of sp³-hybridized carbons (Fsp3) is 0.714. The Morgan fingerprint density at radius 1 is 1.39 bits per heavy atom. The molecule has 0 N–H and O–H groups in total. The Balaban J connectivity index is 1.59. The summed E-state index contributed by atoms with van der Waals surface area (Å²) in [6, 6.07) is 2.03. The van der Waals surface area contributed by atoms with Gasteiger partial charge in [-0.15, -0.1) is 23.5 Å². The molecule has 2 aliphatic heterocycles. The number of furan rings is 1. The first kappa shape index (κ1) is 12.9. The summed E-state index contributed by atoms with van der Waals surface area (Å²) in [5.74, 6) is 2.64.